The number of ether oxygens (including phenoxy) is 2. The highest BCUT2D eigenvalue weighted by Crippen LogP contribution is 2.46. The molecule has 3 aliphatic rings. The summed E-state index contributed by atoms with van der Waals surface area (Å²) in [4.78, 5) is 0. The third-order valence-electron chi connectivity index (χ3n) is 6.59. The van der Waals surface area contributed by atoms with Crippen LogP contribution in [0.3, 0.4) is 0 Å². The van der Waals surface area contributed by atoms with E-state index in [9.17, 15) is 0 Å². The first-order valence-corrected chi connectivity index (χ1v) is 9.59. The zero-order valence-electron chi connectivity index (χ0n) is 14.4. The second-order valence-corrected chi connectivity index (χ2v) is 7.97. The molecule has 0 aromatic heterocycles. The van der Waals surface area contributed by atoms with Gasteiger partial charge in [-0.05, 0) is 68.8 Å². The summed E-state index contributed by atoms with van der Waals surface area (Å²) >= 11 is 0. The van der Waals surface area contributed by atoms with Crippen LogP contribution in [0, 0.1) is 18.8 Å². The van der Waals surface area contributed by atoms with Crippen molar-refractivity contribution in [2.24, 2.45) is 11.8 Å². The van der Waals surface area contributed by atoms with E-state index in [1.165, 1.54) is 44.1 Å². The summed E-state index contributed by atoms with van der Waals surface area (Å²) in [6, 6.07) is 9.23. The summed E-state index contributed by atoms with van der Waals surface area (Å²) in [5.74, 6) is 2.46. The lowest BCUT2D eigenvalue weighted by Gasteiger charge is -2.41. The molecule has 1 saturated heterocycles. The third-order valence-corrected chi connectivity index (χ3v) is 6.59. The van der Waals surface area contributed by atoms with E-state index >= 15 is 0 Å². The Morgan fingerprint density at radius 3 is 1.96 bits per heavy atom. The second kappa shape index (κ2) is 6.57. The van der Waals surface area contributed by atoms with Crippen LogP contribution in [0.15, 0.2) is 24.3 Å². The van der Waals surface area contributed by atoms with E-state index in [-0.39, 0.29) is 5.79 Å². The minimum atomic E-state index is -0.185. The first kappa shape index (κ1) is 15.7. The molecule has 0 unspecified atom stereocenters. The third kappa shape index (κ3) is 3.34. The van der Waals surface area contributed by atoms with Gasteiger partial charge in [-0.15, -0.1) is 0 Å². The van der Waals surface area contributed by atoms with Gasteiger partial charge < -0.3 is 9.47 Å². The predicted molar refractivity (Wildman–Crippen MR) is 92.5 cm³/mol. The van der Waals surface area contributed by atoms with Gasteiger partial charge >= 0.3 is 0 Å². The number of hydrogen-bond acceptors (Lipinski definition) is 2. The standard InChI is InChI=1S/C21H30O2/c1-16-2-4-17(5-3-16)18-6-8-19(9-7-18)20-10-12-21(13-11-20)22-14-15-23-21/h2-5,18-20H,6-15H2,1H3. The molecule has 2 aliphatic carbocycles. The fraction of sp³-hybridized carbons (Fsp3) is 0.714. The number of benzene rings is 1. The normalized spacial score (nSPS) is 31.5. The van der Waals surface area contributed by atoms with E-state index in [1.807, 2.05) is 0 Å². The molecule has 0 N–H and O–H groups in total. The predicted octanol–water partition coefficient (Wildman–Crippen LogP) is 5.20. The van der Waals surface area contributed by atoms with Crippen LogP contribution in [0.25, 0.3) is 0 Å². The van der Waals surface area contributed by atoms with Crippen molar-refractivity contribution in [1.82, 2.24) is 0 Å². The van der Waals surface area contributed by atoms with Crippen LogP contribution in [0.1, 0.15) is 68.4 Å². The molecule has 1 heterocycles. The van der Waals surface area contributed by atoms with Crippen LogP contribution >= 0.6 is 0 Å². The fourth-order valence-electron chi connectivity index (χ4n) is 5.10. The molecule has 23 heavy (non-hydrogen) atoms. The van der Waals surface area contributed by atoms with Crippen molar-refractivity contribution in [3.63, 3.8) is 0 Å². The Balaban J connectivity index is 1.29. The molecule has 0 radical (unpaired) electrons. The van der Waals surface area contributed by atoms with Gasteiger partial charge in [-0.3, -0.25) is 0 Å². The van der Waals surface area contributed by atoms with Gasteiger partial charge in [0, 0.05) is 12.8 Å². The van der Waals surface area contributed by atoms with E-state index in [4.69, 9.17) is 9.47 Å². The Morgan fingerprint density at radius 1 is 0.783 bits per heavy atom. The maximum absolute atomic E-state index is 5.88. The van der Waals surface area contributed by atoms with E-state index in [1.54, 1.807) is 5.56 Å². The van der Waals surface area contributed by atoms with Crippen LogP contribution < -0.4 is 0 Å². The van der Waals surface area contributed by atoms with E-state index in [0.717, 1.165) is 43.8 Å². The first-order valence-electron chi connectivity index (χ1n) is 9.59. The van der Waals surface area contributed by atoms with Crippen LogP contribution in [0.2, 0.25) is 0 Å². The monoisotopic (exact) mass is 314 g/mol. The molecule has 0 bridgehead atoms. The van der Waals surface area contributed by atoms with Crippen molar-refractivity contribution in [2.45, 2.75) is 70.0 Å². The Morgan fingerprint density at radius 2 is 1.35 bits per heavy atom. The Hall–Kier alpha value is -0.860. The van der Waals surface area contributed by atoms with Crippen molar-refractivity contribution >= 4 is 0 Å². The van der Waals surface area contributed by atoms with Gasteiger partial charge in [0.15, 0.2) is 5.79 Å². The lowest BCUT2D eigenvalue weighted by Crippen LogP contribution is -2.37. The lowest BCUT2D eigenvalue weighted by molar-refractivity contribution is -0.185. The van der Waals surface area contributed by atoms with Gasteiger partial charge in [0.05, 0.1) is 13.2 Å². The second-order valence-electron chi connectivity index (χ2n) is 7.97. The van der Waals surface area contributed by atoms with E-state index < -0.39 is 0 Å². The van der Waals surface area contributed by atoms with Crippen molar-refractivity contribution in [3.8, 4) is 0 Å². The minimum absolute atomic E-state index is 0.185. The van der Waals surface area contributed by atoms with Crippen LogP contribution in [0.5, 0.6) is 0 Å². The van der Waals surface area contributed by atoms with Crippen LogP contribution in [-0.2, 0) is 9.47 Å². The molecule has 4 rings (SSSR count). The highest BCUT2D eigenvalue weighted by molar-refractivity contribution is 5.24. The number of rotatable bonds is 2. The minimum Gasteiger partial charge on any atom is -0.348 e. The topological polar surface area (TPSA) is 18.5 Å². The molecule has 2 nitrogen and oxygen atoms in total. The van der Waals surface area contributed by atoms with Gasteiger partial charge in [0.25, 0.3) is 0 Å². The average molecular weight is 314 g/mol. The van der Waals surface area contributed by atoms with Gasteiger partial charge in [0.1, 0.15) is 0 Å². The molecule has 3 fully saturated rings. The summed E-state index contributed by atoms with van der Waals surface area (Å²) in [7, 11) is 0. The Kier molecular flexibility index (Phi) is 4.47. The molecular formula is C21H30O2. The number of aryl methyl sites for hydroxylation is 1. The SMILES string of the molecule is Cc1ccc(C2CCC(C3CCC4(CC3)OCCO4)CC2)cc1. The zero-order valence-corrected chi connectivity index (χ0v) is 14.4. The van der Waals surface area contributed by atoms with Crippen molar-refractivity contribution in [2.75, 3.05) is 13.2 Å². The molecule has 2 heteroatoms. The maximum Gasteiger partial charge on any atom is 0.168 e. The van der Waals surface area contributed by atoms with Crippen LogP contribution in [0.4, 0.5) is 0 Å². The fourth-order valence-corrected chi connectivity index (χ4v) is 5.10. The van der Waals surface area contributed by atoms with Gasteiger partial charge in [-0.25, -0.2) is 0 Å². The maximum atomic E-state index is 5.88. The highest BCUT2D eigenvalue weighted by atomic mass is 16.7. The molecule has 1 aromatic carbocycles. The molecule has 1 aromatic rings. The summed E-state index contributed by atoms with van der Waals surface area (Å²) in [6.45, 7) is 3.77. The molecule has 0 atom stereocenters. The van der Waals surface area contributed by atoms with Gasteiger partial charge in [-0.2, -0.15) is 0 Å². The zero-order chi connectivity index (χ0) is 15.7. The average Bonchev–Trinajstić information content (AvgIpc) is 3.05. The Bertz CT molecular complexity index is 497. The summed E-state index contributed by atoms with van der Waals surface area (Å²) < 4.78 is 11.8. The molecule has 1 spiro atoms. The van der Waals surface area contributed by atoms with Crippen molar-refractivity contribution in [3.05, 3.63) is 35.4 Å². The van der Waals surface area contributed by atoms with E-state index in [2.05, 4.69) is 31.2 Å². The van der Waals surface area contributed by atoms with E-state index in [0.29, 0.717) is 0 Å². The molecule has 126 valence electrons. The number of hydrogen-bond donors (Lipinski definition) is 0. The molecular weight excluding hydrogens is 284 g/mol. The molecule has 0 amide bonds. The van der Waals surface area contributed by atoms with Gasteiger partial charge in [0.2, 0.25) is 0 Å². The van der Waals surface area contributed by atoms with Crippen molar-refractivity contribution < 1.29 is 9.47 Å². The quantitative estimate of drug-likeness (QED) is 0.747. The highest BCUT2D eigenvalue weighted by Gasteiger charge is 2.42. The smallest absolute Gasteiger partial charge is 0.168 e. The summed E-state index contributed by atoms with van der Waals surface area (Å²) in [6.07, 6.45) is 10.4. The summed E-state index contributed by atoms with van der Waals surface area (Å²) in [5, 5.41) is 0. The molecule has 2 saturated carbocycles. The summed E-state index contributed by atoms with van der Waals surface area (Å²) in [5.41, 5.74) is 2.93. The first-order chi connectivity index (χ1) is 11.2. The van der Waals surface area contributed by atoms with Gasteiger partial charge in [-0.1, -0.05) is 29.8 Å². The largest absolute Gasteiger partial charge is 0.348 e. The van der Waals surface area contributed by atoms with Crippen LogP contribution in [-0.4, -0.2) is 19.0 Å². The molecule has 1 aliphatic heterocycles. The van der Waals surface area contributed by atoms with Crippen molar-refractivity contribution in [1.29, 1.82) is 0 Å². The lowest BCUT2D eigenvalue weighted by atomic mass is 9.69. The Labute approximate surface area is 140 Å².